The molecule has 3 aliphatic carbocycles. The van der Waals surface area contributed by atoms with Crippen molar-refractivity contribution >= 4 is 17.6 Å². The van der Waals surface area contributed by atoms with Gasteiger partial charge in [-0.1, -0.05) is 26.0 Å². The highest BCUT2D eigenvalue weighted by Gasteiger charge is 2.50. The van der Waals surface area contributed by atoms with Gasteiger partial charge in [0.2, 0.25) is 4.80 Å². The average Bonchev–Trinajstić information content (AvgIpc) is 2.83. The van der Waals surface area contributed by atoms with Gasteiger partial charge in [0.05, 0.1) is 18.5 Å². The Morgan fingerprint density at radius 3 is 3.00 bits per heavy atom. The van der Waals surface area contributed by atoms with E-state index in [-0.39, 0.29) is 0 Å². The van der Waals surface area contributed by atoms with E-state index in [4.69, 9.17) is 0 Å². The second-order valence-electron chi connectivity index (χ2n) is 6.59. The number of allylic oxidation sites excluding steroid dienone is 2. The smallest absolute Gasteiger partial charge is 0.206 e. The van der Waals surface area contributed by atoms with Crippen molar-refractivity contribution < 1.29 is 0 Å². The molecule has 2 bridgehead atoms. The van der Waals surface area contributed by atoms with Crippen molar-refractivity contribution in [2.24, 2.45) is 27.3 Å². The van der Waals surface area contributed by atoms with Crippen molar-refractivity contribution in [3.05, 3.63) is 40.2 Å². The van der Waals surface area contributed by atoms with Gasteiger partial charge in [-0.2, -0.15) is 5.10 Å². The van der Waals surface area contributed by atoms with Gasteiger partial charge in [-0.15, -0.1) is 17.9 Å². The van der Waals surface area contributed by atoms with Crippen molar-refractivity contribution in [1.29, 1.82) is 0 Å². The molecule has 1 fully saturated rings. The van der Waals surface area contributed by atoms with Crippen molar-refractivity contribution in [2.75, 3.05) is 6.54 Å². The van der Waals surface area contributed by atoms with Crippen LogP contribution in [0.15, 0.2) is 39.8 Å². The Hall–Kier alpha value is -1.42. The molecule has 0 amide bonds. The molecule has 0 aliphatic heterocycles. The molecule has 0 saturated heterocycles. The predicted molar refractivity (Wildman–Crippen MR) is 89.6 cm³/mol. The molecule has 0 spiro atoms. The molecule has 112 valence electrons. The molecule has 1 saturated carbocycles. The lowest BCUT2D eigenvalue weighted by Gasteiger charge is -2.55. The quantitative estimate of drug-likeness (QED) is 0.598. The summed E-state index contributed by atoms with van der Waals surface area (Å²) in [5.41, 5.74) is 2.97. The largest absolute Gasteiger partial charge is 0.253 e. The third-order valence-electron chi connectivity index (χ3n) is 5.04. The number of fused-ring (bicyclic) bond motifs is 1. The lowest BCUT2D eigenvalue weighted by Crippen LogP contribution is -2.48. The first-order valence-corrected chi connectivity index (χ1v) is 8.45. The predicted octanol–water partition coefficient (Wildman–Crippen LogP) is 3.77. The molecule has 4 heteroatoms. The Bertz CT molecular complexity index is 672. The van der Waals surface area contributed by atoms with Crippen LogP contribution in [0.4, 0.5) is 0 Å². The number of thiazole rings is 1. The Labute approximate surface area is 130 Å². The zero-order valence-corrected chi connectivity index (χ0v) is 13.9. The summed E-state index contributed by atoms with van der Waals surface area (Å²) in [7, 11) is 0. The zero-order valence-electron chi connectivity index (χ0n) is 13.0. The topological polar surface area (TPSA) is 29.6 Å². The van der Waals surface area contributed by atoms with Gasteiger partial charge >= 0.3 is 0 Å². The first-order valence-electron chi connectivity index (χ1n) is 7.57. The number of aromatic nitrogens is 1. The van der Waals surface area contributed by atoms with Gasteiger partial charge < -0.3 is 0 Å². The van der Waals surface area contributed by atoms with E-state index in [0.29, 0.717) is 17.9 Å². The first kappa shape index (κ1) is 14.5. The van der Waals surface area contributed by atoms with Gasteiger partial charge in [0, 0.05) is 5.38 Å². The van der Waals surface area contributed by atoms with Crippen LogP contribution in [-0.2, 0) is 0 Å². The number of aryl methyl sites for hydroxylation is 1. The molecule has 21 heavy (non-hydrogen) atoms. The summed E-state index contributed by atoms with van der Waals surface area (Å²) in [6.45, 7) is 11.2. The number of hydrogen-bond acceptors (Lipinski definition) is 3. The molecular weight excluding hydrogens is 278 g/mol. The number of hydrogen-bond donors (Lipinski definition) is 0. The number of nitrogens with zero attached hydrogens (tertiary/aromatic N) is 3. The van der Waals surface area contributed by atoms with Gasteiger partial charge in [0.15, 0.2) is 0 Å². The first-order chi connectivity index (χ1) is 10.0. The molecule has 1 aromatic heterocycles. The monoisotopic (exact) mass is 301 g/mol. The van der Waals surface area contributed by atoms with Crippen molar-refractivity contribution in [3.8, 4) is 0 Å². The molecular formula is C17H23N3S. The summed E-state index contributed by atoms with van der Waals surface area (Å²) < 4.78 is 1.94. The highest BCUT2D eigenvalue weighted by atomic mass is 32.1. The van der Waals surface area contributed by atoms with Crippen LogP contribution in [0.5, 0.6) is 0 Å². The molecule has 0 aromatic carbocycles. The van der Waals surface area contributed by atoms with Crippen LogP contribution in [-0.4, -0.2) is 17.4 Å². The minimum absolute atomic E-state index is 0.445. The van der Waals surface area contributed by atoms with E-state index in [9.17, 15) is 0 Å². The molecule has 2 unspecified atom stereocenters. The summed E-state index contributed by atoms with van der Waals surface area (Å²) in [5, 5.41) is 6.78. The Morgan fingerprint density at radius 1 is 1.52 bits per heavy atom. The van der Waals surface area contributed by atoms with Crippen molar-refractivity contribution in [1.82, 2.24) is 4.68 Å². The molecule has 3 nitrogen and oxygen atoms in total. The van der Waals surface area contributed by atoms with Crippen LogP contribution < -0.4 is 4.80 Å². The molecule has 0 radical (unpaired) electrons. The van der Waals surface area contributed by atoms with Crippen LogP contribution in [0.3, 0.4) is 0 Å². The fourth-order valence-corrected chi connectivity index (χ4v) is 4.26. The van der Waals surface area contributed by atoms with E-state index < -0.39 is 0 Å². The summed E-state index contributed by atoms with van der Waals surface area (Å²) in [5.74, 6) is 1.54. The second kappa shape index (κ2) is 5.41. The fourth-order valence-electron chi connectivity index (χ4n) is 3.45. The van der Waals surface area contributed by atoms with Gasteiger partial charge in [0.1, 0.15) is 0 Å². The summed E-state index contributed by atoms with van der Waals surface area (Å²) >= 11 is 1.63. The van der Waals surface area contributed by atoms with Crippen LogP contribution in [0.1, 0.15) is 32.4 Å². The van der Waals surface area contributed by atoms with Crippen LogP contribution >= 0.6 is 11.3 Å². The van der Waals surface area contributed by atoms with Crippen molar-refractivity contribution in [2.45, 2.75) is 33.6 Å². The maximum Gasteiger partial charge on any atom is 0.206 e. The van der Waals surface area contributed by atoms with Crippen LogP contribution in [0.25, 0.3) is 0 Å². The van der Waals surface area contributed by atoms with Gasteiger partial charge in [-0.3, -0.25) is 4.99 Å². The molecule has 3 aliphatic rings. The SMILES string of the molecule is C=CCN=c1scc(C)n1N=CC1=CCC2CC1C2(C)C. The highest BCUT2D eigenvalue weighted by Crippen LogP contribution is 2.58. The van der Waals surface area contributed by atoms with Crippen molar-refractivity contribution in [3.63, 3.8) is 0 Å². The van der Waals surface area contributed by atoms with E-state index in [0.717, 1.165) is 16.4 Å². The zero-order chi connectivity index (χ0) is 15.0. The Kier molecular flexibility index (Phi) is 3.74. The third-order valence-corrected chi connectivity index (χ3v) is 6.01. The van der Waals surface area contributed by atoms with Gasteiger partial charge in [0.25, 0.3) is 0 Å². The van der Waals surface area contributed by atoms with Gasteiger partial charge in [-0.25, -0.2) is 4.68 Å². The molecule has 0 N–H and O–H groups in total. The van der Waals surface area contributed by atoms with Crippen LogP contribution in [0, 0.1) is 24.2 Å². The second-order valence-corrected chi connectivity index (χ2v) is 7.43. The summed E-state index contributed by atoms with van der Waals surface area (Å²) in [6, 6.07) is 0. The maximum absolute atomic E-state index is 4.69. The molecule has 1 aromatic rings. The highest BCUT2D eigenvalue weighted by molar-refractivity contribution is 7.07. The average molecular weight is 301 g/mol. The Balaban J connectivity index is 1.86. The molecule has 4 rings (SSSR count). The van der Waals surface area contributed by atoms with E-state index in [1.54, 1.807) is 11.3 Å². The minimum Gasteiger partial charge on any atom is -0.253 e. The lowest BCUT2D eigenvalue weighted by molar-refractivity contribution is -0.00127. The lowest BCUT2D eigenvalue weighted by atomic mass is 9.49. The normalized spacial score (nSPS) is 27.6. The fraction of sp³-hybridized carbons (Fsp3) is 0.529. The number of rotatable bonds is 4. The van der Waals surface area contributed by atoms with E-state index in [1.807, 2.05) is 10.8 Å². The standard InChI is InChI=1S/C17H23N3S/c1-5-8-18-16-20(12(2)11-21-16)19-10-13-6-7-14-9-15(13)17(14,3)4/h5-6,10-11,14-15H,1,7-9H2,2-4H3. The summed E-state index contributed by atoms with van der Waals surface area (Å²) in [4.78, 5) is 5.43. The van der Waals surface area contributed by atoms with Crippen LogP contribution in [0.2, 0.25) is 0 Å². The Morgan fingerprint density at radius 2 is 2.33 bits per heavy atom. The molecule has 1 heterocycles. The minimum atomic E-state index is 0.445. The van der Waals surface area contributed by atoms with E-state index >= 15 is 0 Å². The van der Waals surface area contributed by atoms with Gasteiger partial charge in [-0.05, 0) is 42.6 Å². The van der Waals surface area contributed by atoms with E-state index in [2.05, 4.69) is 55.1 Å². The molecule has 2 atom stereocenters. The van der Waals surface area contributed by atoms with E-state index in [1.165, 1.54) is 18.4 Å². The maximum atomic E-state index is 4.69. The summed E-state index contributed by atoms with van der Waals surface area (Å²) in [6.07, 6.45) is 8.76. The third kappa shape index (κ3) is 2.46.